The lowest BCUT2D eigenvalue weighted by Gasteiger charge is -2.33. The fourth-order valence-corrected chi connectivity index (χ4v) is 6.49. The van der Waals surface area contributed by atoms with Crippen LogP contribution in [0.25, 0.3) is 0 Å². The highest BCUT2D eigenvalue weighted by molar-refractivity contribution is 7.92. The Hall–Kier alpha value is -4.25. The van der Waals surface area contributed by atoms with Crippen molar-refractivity contribution in [3.05, 3.63) is 77.4 Å². The Labute approximate surface area is 267 Å². The van der Waals surface area contributed by atoms with E-state index >= 15 is 0 Å². The van der Waals surface area contributed by atoms with E-state index in [4.69, 9.17) is 14.2 Å². The summed E-state index contributed by atoms with van der Waals surface area (Å²) in [5.74, 6) is 0.459. The van der Waals surface area contributed by atoms with E-state index in [0.717, 1.165) is 33.8 Å². The molecule has 0 spiro atoms. The van der Waals surface area contributed by atoms with Crippen LogP contribution in [0.15, 0.2) is 65.6 Å². The molecule has 45 heavy (non-hydrogen) atoms. The fraction of sp³-hybridized carbons (Fsp3) is 0.412. The van der Waals surface area contributed by atoms with Crippen LogP contribution in [0.3, 0.4) is 0 Å². The van der Waals surface area contributed by atoms with Gasteiger partial charge in [0.1, 0.15) is 18.3 Å². The van der Waals surface area contributed by atoms with Crippen LogP contribution in [0, 0.1) is 13.8 Å². The standard InChI is InChI=1S/C34H45N3O7S/c1-8-10-17-35-34(39)30(9-2)36(22-26-11-13-28(42-5)14-12-26)33(38)23-37(27-19-24(3)18-25(4)20-27)45(40,41)29-15-16-31(43-6)32(21-29)44-7/h11-16,18-21,30H,8-10,17,22-23H2,1-7H3,(H,35,39)/t30-/m0/s1. The quantitative estimate of drug-likeness (QED) is 0.213. The van der Waals surface area contributed by atoms with Crippen LogP contribution < -0.4 is 23.8 Å². The number of carbonyl (C=O) groups excluding carboxylic acids is 2. The molecule has 0 aromatic heterocycles. The van der Waals surface area contributed by atoms with Gasteiger partial charge in [-0.15, -0.1) is 0 Å². The van der Waals surface area contributed by atoms with E-state index in [9.17, 15) is 18.0 Å². The minimum atomic E-state index is -4.29. The molecule has 1 N–H and O–H groups in total. The molecule has 0 saturated heterocycles. The third-order valence-corrected chi connectivity index (χ3v) is 9.21. The summed E-state index contributed by atoms with van der Waals surface area (Å²) in [4.78, 5) is 29.1. The number of methoxy groups -OCH3 is 3. The molecule has 3 aromatic carbocycles. The van der Waals surface area contributed by atoms with Crippen molar-refractivity contribution in [2.24, 2.45) is 0 Å². The first-order chi connectivity index (χ1) is 21.5. The maximum atomic E-state index is 14.3. The highest BCUT2D eigenvalue weighted by atomic mass is 32.2. The summed E-state index contributed by atoms with van der Waals surface area (Å²) >= 11 is 0. The largest absolute Gasteiger partial charge is 0.497 e. The molecule has 10 nitrogen and oxygen atoms in total. The van der Waals surface area contributed by atoms with Crippen molar-refractivity contribution >= 4 is 27.5 Å². The van der Waals surface area contributed by atoms with Crippen molar-refractivity contribution in [1.82, 2.24) is 10.2 Å². The van der Waals surface area contributed by atoms with Crippen LogP contribution in [-0.2, 0) is 26.2 Å². The van der Waals surface area contributed by atoms with Crippen LogP contribution in [0.1, 0.15) is 49.8 Å². The van der Waals surface area contributed by atoms with Gasteiger partial charge >= 0.3 is 0 Å². The number of hydrogen-bond acceptors (Lipinski definition) is 7. The van der Waals surface area contributed by atoms with Crippen LogP contribution in [0.5, 0.6) is 17.2 Å². The van der Waals surface area contributed by atoms with Crippen molar-refractivity contribution in [2.75, 3.05) is 38.7 Å². The lowest BCUT2D eigenvalue weighted by atomic mass is 10.1. The molecule has 0 heterocycles. The zero-order chi connectivity index (χ0) is 33.1. The molecule has 0 aliphatic heterocycles. The fourth-order valence-electron chi connectivity index (χ4n) is 5.08. The molecule has 11 heteroatoms. The minimum Gasteiger partial charge on any atom is -0.497 e. The maximum absolute atomic E-state index is 14.3. The lowest BCUT2D eigenvalue weighted by Crippen LogP contribution is -2.52. The number of unbranched alkanes of at least 4 members (excludes halogenated alkanes) is 1. The van der Waals surface area contributed by atoms with E-state index in [2.05, 4.69) is 5.32 Å². The first-order valence-electron chi connectivity index (χ1n) is 15.0. The molecule has 0 radical (unpaired) electrons. The third-order valence-electron chi connectivity index (χ3n) is 7.44. The summed E-state index contributed by atoms with van der Waals surface area (Å²) in [7, 11) is 0.164. The molecule has 2 amide bonds. The highest BCUT2D eigenvalue weighted by Crippen LogP contribution is 2.33. The van der Waals surface area contributed by atoms with Gasteiger partial charge in [-0.3, -0.25) is 13.9 Å². The third kappa shape index (κ3) is 8.91. The first kappa shape index (κ1) is 35.2. The Morgan fingerprint density at radius 1 is 0.844 bits per heavy atom. The normalized spacial score (nSPS) is 11.8. The second-order valence-electron chi connectivity index (χ2n) is 10.8. The van der Waals surface area contributed by atoms with Gasteiger partial charge in [-0.2, -0.15) is 0 Å². The van der Waals surface area contributed by atoms with E-state index in [1.807, 2.05) is 45.9 Å². The highest BCUT2D eigenvalue weighted by Gasteiger charge is 2.34. The number of hydrogen-bond donors (Lipinski definition) is 1. The summed E-state index contributed by atoms with van der Waals surface area (Å²) < 4.78 is 45.7. The van der Waals surface area contributed by atoms with Gasteiger partial charge < -0.3 is 24.4 Å². The number of aryl methyl sites for hydroxylation is 2. The number of nitrogens with zero attached hydrogens (tertiary/aromatic N) is 2. The Morgan fingerprint density at radius 2 is 1.49 bits per heavy atom. The molecule has 0 saturated carbocycles. The van der Waals surface area contributed by atoms with Crippen molar-refractivity contribution in [3.8, 4) is 17.2 Å². The molecular weight excluding hydrogens is 594 g/mol. The lowest BCUT2D eigenvalue weighted by molar-refractivity contribution is -0.140. The van der Waals surface area contributed by atoms with Crippen molar-refractivity contribution < 1.29 is 32.2 Å². The molecule has 0 fully saturated rings. The van der Waals surface area contributed by atoms with E-state index in [-0.39, 0.29) is 23.1 Å². The predicted molar refractivity (Wildman–Crippen MR) is 176 cm³/mol. The van der Waals surface area contributed by atoms with E-state index in [1.54, 1.807) is 31.4 Å². The number of anilines is 1. The maximum Gasteiger partial charge on any atom is 0.264 e. The molecule has 0 aliphatic rings. The zero-order valence-electron chi connectivity index (χ0n) is 27.3. The SMILES string of the molecule is CCCCNC(=O)[C@H](CC)N(Cc1ccc(OC)cc1)C(=O)CN(c1cc(C)cc(C)c1)S(=O)(=O)c1ccc(OC)c(OC)c1. The second-order valence-corrected chi connectivity index (χ2v) is 12.7. The van der Waals surface area contributed by atoms with Gasteiger partial charge in [-0.25, -0.2) is 8.42 Å². The molecular formula is C34H45N3O7S. The summed E-state index contributed by atoms with van der Waals surface area (Å²) in [6.45, 7) is 7.64. The van der Waals surface area contributed by atoms with Gasteiger partial charge in [-0.05, 0) is 79.8 Å². The monoisotopic (exact) mass is 639 g/mol. The smallest absolute Gasteiger partial charge is 0.264 e. The van der Waals surface area contributed by atoms with Crippen LogP contribution in [-0.4, -0.2) is 65.6 Å². The van der Waals surface area contributed by atoms with E-state index in [1.165, 1.54) is 37.3 Å². The van der Waals surface area contributed by atoms with Gasteiger partial charge in [0, 0.05) is 19.2 Å². The summed E-state index contributed by atoms with van der Waals surface area (Å²) in [5.41, 5.74) is 2.77. The average Bonchev–Trinajstić information content (AvgIpc) is 3.02. The van der Waals surface area contributed by atoms with Gasteiger partial charge in [0.15, 0.2) is 11.5 Å². The number of ether oxygens (including phenoxy) is 3. The molecule has 1 atom stereocenters. The molecule has 0 unspecified atom stereocenters. The minimum absolute atomic E-state index is 0.0711. The predicted octanol–water partition coefficient (Wildman–Crippen LogP) is 5.25. The molecule has 3 aromatic rings. The Balaban J connectivity index is 2.11. The van der Waals surface area contributed by atoms with Crippen LogP contribution in [0.4, 0.5) is 5.69 Å². The summed E-state index contributed by atoms with van der Waals surface area (Å²) in [5, 5.41) is 2.94. The average molecular weight is 640 g/mol. The Morgan fingerprint density at radius 3 is 2.04 bits per heavy atom. The van der Waals surface area contributed by atoms with Gasteiger partial charge in [-0.1, -0.05) is 38.5 Å². The molecule has 244 valence electrons. The number of sulfonamides is 1. The number of benzene rings is 3. The van der Waals surface area contributed by atoms with E-state index < -0.39 is 28.5 Å². The molecule has 3 rings (SSSR count). The van der Waals surface area contributed by atoms with Gasteiger partial charge in [0.2, 0.25) is 11.8 Å². The van der Waals surface area contributed by atoms with Crippen LogP contribution >= 0.6 is 0 Å². The van der Waals surface area contributed by atoms with Gasteiger partial charge in [0.25, 0.3) is 10.0 Å². The molecule has 0 aliphatic carbocycles. The summed E-state index contributed by atoms with van der Waals surface area (Å²) in [6.07, 6.45) is 2.05. The van der Waals surface area contributed by atoms with Crippen LogP contribution in [0.2, 0.25) is 0 Å². The van der Waals surface area contributed by atoms with Gasteiger partial charge in [0.05, 0.1) is 31.9 Å². The zero-order valence-corrected chi connectivity index (χ0v) is 28.1. The number of rotatable bonds is 16. The first-order valence-corrected chi connectivity index (χ1v) is 16.5. The summed E-state index contributed by atoms with van der Waals surface area (Å²) in [6, 6.07) is 16.1. The Kier molecular flexibility index (Phi) is 12.7. The van der Waals surface area contributed by atoms with E-state index in [0.29, 0.717) is 30.2 Å². The number of amides is 2. The van der Waals surface area contributed by atoms with Crippen molar-refractivity contribution in [3.63, 3.8) is 0 Å². The topological polar surface area (TPSA) is 114 Å². The Bertz CT molecular complexity index is 1540. The number of nitrogens with one attached hydrogen (secondary N) is 1. The van der Waals surface area contributed by atoms with Crippen molar-refractivity contribution in [1.29, 1.82) is 0 Å². The number of carbonyl (C=O) groups is 2. The second kappa shape index (κ2) is 16.2. The van der Waals surface area contributed by atoms with Crippen molar-refractivity contribution in [2.45, 2.75) is 64.4 Å². The molecule has 0 bridgehead atoms.